The zero-order valence-corrected chi connectivity index (χ0v) is 23.1. The summed E-state index contributed by atoms with van der Waals surface area (Å²) in [7, 11) is 1.94. The van der Waals surface area contributed by atoms with E-state index in [1.54, 1.807) is 0 Å². The molecule has 1 aliphatic heterocycles. The van der Waals surface area contributed by atoms with E-state index in [0.29, 0.717) is 49.7 Å². The molecule has 0 bridgehead atoms. The van der Waals surface area contributed by atoms with Gasteiger partial charge in [-0.3, -0.25) is 0 Å². The molecule has 0 radical (unpaired) electrons. The molecule has 2 amide bonds. The number of carbonyl (C=O) groups excluding carboxylic acids is 1. The van der Waals surface area contributed by atoms with Crippen LogP contribution in [0.1, 0.15) is 89.5 Å². The fraction of sp³-hybridized carbons (Fsp3) is 0.759. The molecule has 1 saturated heterocycles. The van der Waals surface area contributed by atoms with Crippen molar-refractivity contribution in [1.82, 2.24) is 15.5 Å². The number of likely N-dealkylation sites (tertiary alicyclic amines) is 1. The van der Waals surface area contributed by atoms with E-state index in [-0.39, 0.29) is 24.1 Å². The van der Waals surface area contributed by atoms with Gasteiger partial charge in [0, 0.05) is 36.6 Å². The third-order valence-corrected chi connectivity index (χ3v) is 8.63. The molecular formula is C29H48ClN3O3. The number of halogens is 1. The van der Waals surface area contributed by atoms with Gasteiger partial charge in [0.1, 0.15) is 0 Å². The monoisotopic (exact) mass is 521 g/mol. The van der Waals surface area contributed by atoms with Gasteiger partial charge in [-0.15, -0.1) is 0 Å². The van der Waals surface area contributed by atoms with Crippen molar-refractivity contribution in [1.29, 1.82) is 0 Å². The van der Waals surface area contributed by atoms with Crippen molar-refractivity contribution in [3.63, 3.8) is 0 Å². The van der Waals surface area contributed by atoms with Gasteiger partial charge in [0.15, 0.2) is 0 Å². The molecule has 4 atom stereocenters. The number of nitrogens with one attached hydrogen (secondary N) is 2. The van der Waals surface area contributed by atoms with Crippen molar-refractivity contribution in [3.05, 3.63) is 34.9 Å². The van der Waals surface area contributed by atoms with Crippen molar-refractivity contribution >= 4 is 17.6 Å². The maximum Gasteiger partial charge on any atom is 0.317 e. The highest BCUT2D eigenvalue weighted by Gasteiger charge is 2.41. The third kappa shape index (κ3) is 8.34. The van der Waals surface area contributed by atoms with Crippen molar-refractivity contribution in [3.8, 4) is 0 Å². The molecule has 1 unspecified atom stereocenters. The first-order valence-electron chi connectivity index (χ1n) is 14.2. The average Bonchev–Trinajstić information content (AvgIpc) is 2.89. The Morgan fingerprint density at radius 2 is 2.00 bits per heavy atom. The van der Waals surface area contributed by atoms with Crippen molar-refractivity contribution in [2.45, 2.75) is 102 Å². The minimum Gasteiger partial charge on any atom is -0.393 e. The van der Waals surface area contributed by atoms with E-state index in [9.17, 15) is 15.0 Å². The number of rotatable bonds is 12. The number of benzene rings is 1. The number of hydrogen-bond donors (Lipinski definition) is 4. The van der Waals surface area contributed by atoms with E-state index >= 15 is 0 Å². The predicted octanol–water partition coefficient (Wildman–Crippen LogP) is 5.45. The third-order valence-electron chi connectivity index (χ3n) is 8.40. The number of aliphatic hydroxyl groups excluding tert-OH is 1. The molecule has 0 spiro atoms. The van der Waals surface area contributed by atoms with Gasteiger partial charge < -0.3 is 25.7 Å². The Morgan fingerprint density at radius 1 is 1.22 bits per heavy atom. The van der Waals surface area contributed by atoms with Crippen LogP contribution in [0.25, 0.3) is 0 Å². The van der Waals surface area contributed by atoms with E-state index < -0.39 is 5.60 Å². The van der Waals surface area contributed by atoms with Crippen LogP contribution in [0.3, 0.4) is 0 Å². The second kappa shape index (κ2) is 14.6. The van der Waals surface area contributed by atoms with Crippen LogP contribution in [0.2, 0.25) is 5.02 Å². The molecule has 1 aliphatic carbocycles. The number of hydrogen-bond acceptors (Lipinski definition) is 4. The summed E-state index contributed by atoms with van der Waals surface area (Å²) in [6.45, 7) is 3.96. The molecule has 0 aromatic heterocycles. The van der Waals surface area contributed by atoms with Gasteiger partial charge in [0.2, 0.25) is 0 Å². The van der Waals surface area contributed by atoms with Crippen LogP contribution in [-0.4, -0.2) is 60.0 Å². The van der Waals surface area contributed by atoms with E-state index in [4.69, 9.17) is 11.6 Å². The second-order valence-corrected chi connectivity index (χ2v) is 11.6. The van der Waals surface area contributed by atoms with Crippen LogP contribution in [0, 0.1) is 11.8 Å². The number of nitrogens with zero attached hydrogens (tertiary/aromatic N) is 1. The van der Waals surface area contributed by atoms with E-state index in [1.165, 1.54) is 32.1 Å². The number of aliphatic hydroxyl groups is 2. The lowest BCUT2D eigenvalue weighted by molar-refractivity contribution is -0.0572. The molecule has 36 heavy (non-hydrogen) atoms. The molecule has 1 saturated carbocycles. The van der Waals surface area contributed by atoms with Gasteiger partial charge in [0.25, 0.3) is 0 Å². The zero-order valence-electron chi connectivity index (χ0n) is 22.4. The summed E-state index contributed by atoms with van der Waals surface area (Å²) < 4.78 is 0. The van der Waals surface area contributed by atoms with Crippen molar-refractivity contribution < 1.29 is 15.0 Å². The molecule has 3 rings (SSSR count). The molecule has 1 heterocycles. The number of likely N-dealkylation sites (N-methyl/N-ethyl adjacent to an activating group) is 1. The topological polar surface area (TPSA) is 84.8 Å². The maximum atomic E-state index is 13.4. The number of piperidine rings is 1. The normalized spacial score (nSPS) is 22.6. The van der Waals surface area contributed by atoms with Gasteiger partial charge in [-0.25, -0.2) is 4.79 Å². The molecular weight excluding hydrogens is 474 g/mol. The summed E-state index contributed by atoms with van der Waals surface area (Å²) in [6, 6.07) is 7.59. The van der Waals surface area contributed by atoms with Crippen molar-refractivity contribution in [2.75, 3.05) is 26.7 Å². The van der Waals surface area contributed by atoms with E-state index in [1.807, 2.05) is 43.1 Å². The minimum absolute atomic E-state index is 0.0226. The summed E-state index contributed by atoms with van der Waals surface area (Å²) >= 11 is 6.31. The zero-order chi connectivity index (χ0) is 26.0. The first kappa shape index (κ1) is 29.2. The maximum absolute atomic E-state index is 13.4. The summed E-state index contributed by atoms with van der Waals surface area (Å²) in [5.41, 5.74) is -0.289. The summed E-state index contributed by atoms with van der Waals surface area (Å²) in [4.78, 5) is 15.3. The average molecular weight is 522 g/mol. The summed E-state index contributed by atoms with van der Waals surface area (Å²) in [6.07, 6.45) is 11.5. The standard InChI is InChI=1S/C29H48ClN3O3/c1-3-27(34)15-8-16-29(36,23-12-7-14-25(30)19-23)24-13-9-17-33(21-24)28(35)32-26(20-31-2)18-22-10-5-4-6-11-22/h7,12,14,19,22,24,26-27,31,34,36H,3-6,8-11,13,15-18,20-21H2,1-2H3,(H,32,35)/t24-,26?,27+,29-/m1/s1. The van der Waals surface area contributed by atoms with Gasteiger partial charge in [-0.05, 0) is 75.6 Å². The Balaban J connectivity index is 1.69. The van der Waals surface area contributed by atoms with Gasteiger partial charge in [0.05, 0.1) is 11.7 Å². The molecule has 6 nitrogen and oxygen atoms in total. The van der Waals surface area contributed by atoms with Crippen molar-refractivity contribution in [2.24, 2.45) is 11.8 Å². The highest BCUT2D eigenvalue weighted by Crippen LogP contribution is 2.40. The largest absolute Gasteiger partial charge is 0.393 e. The van der Waals surface area contributed by atoms with Gasteiger partial charge >= 0.3 is 6.03 Å². The Morgan fingerprint density at radius 3 is 2.69 bits per heavy atom. The molecule has 1 aromatic rings. The van der Waals surface area contributed by atoms with E-state index in [2.05, 4.69) is 10.6 Å². The lowest BCUT2D eigenvalue weighted by Crippen LogP contribution is -2.54. The lowest BCUT2D eigenvalue weighted by Gasteiger charge is -2.43. The second-order valence-electron chi connectivity index (χ2n) is 11.1. The quantitative estimate of drug-likeness (QED) is 0.295. The van der Waals surface area contributed by atoms with Crippen LogP contribution in [-0.2, 0) is 5.60 Å². The lowest BCUT2D eigenvalue weighted by atomic mass is 9.74. The fourth-order valence-corrected chi connectivity index (χ4v) is 6.43. The first-order valence-corrected chi connectivity index (χ1v) is 14.6. The van der Waals surface area contributed by atoms with Crippen LogP contribution in [0.4, 0.5) is 4.79 Å². The highest BCUT2D eigenvalue weighted by molar-refractivity contribution is 6.30. The predicted molar refractivity (Wildman–Crippen MR) is 147 cm³/mol. The number of carbonyl (C=O) groups is 1. The first-order chi connectivity index (χ1) is 17.4. The Bertz CT molecular complexity index is 804. The van der Waals surface area contributed by atoms with Gasteiger partial charge in [-0.2, -0.15) is 0 Å². The Labute approximate surface area is 223 Å². The Hall–Kier alpha value is -1.34. The Kier molecular flexibility index (Phi) is 11.8. The SMILES string of the molecule is CC[C@H](O)CCC[C@@](O)(c1cccc(Cl)c1)[C@@H]1CCCN(C(=O)NC(CNC)CC2CCCCC2)C1. The smallest absolute Gasteiger partial charge is 0.317 e. The van der Waals surface area contributed by atoms with Crippen LogP contribution in [0.5, 0.6) is 0 Å². The number of urea groups is 1. The molecule has 2 aliphatic rings. The minimum atomic E-state index is -1.09. The van der Waals surface area contributed by atoms with Crippen LogP contribution in [0.15, 0.2) is 24.3 Å². The highest BCUT2D eigenvalue weighted by atomic mass is 35.5. The molecule has 1 aromatic carbocycles. The number of amides is 2. The van der Waals surface area contributed by atoms with Crippen LogP contribution >= 0.6 is 11.6 Å². The molecule has 2 fully saturated rings. The molecule has 4 N–H and O–H groups in total. The summed E-state index contributed by atoms with van der Waals surface area (Å²) in [5, 5.41) is 29.3. The van der Waals surface area contributed by atoms with Crippen LogP contribution < -0.4 is 10.6 Å². The molecule has 7 heteroatoms. The van der Waals surface area contributed by atoms with Gasteiger partial charge in [-0.1, -0.05) is 62.8 Å². The molecule has 204 valence electrons. The summed E-state index contributed by atoms with van der Waals surface area (Å²) in [5.74, 6) is 0.605. The van der Waals surface area contributed by atoms with E-state index in [0.717, 1.165) is 31.4 Å². The fourth-order valence-electron chi connectivity index (χ4n) is 6.24.